The van der Waals surface area contributed by atoms with Crippen LogP contribution in [0.15, 0.2) is 29.1 Å². The molecule has 84 valence electrons. The van der Waals surface area contributed by atoms with Crippen LogP contribution in [0.1, 0.15) is 5.56 Å². The fourth-order valence-corrected chi connectivity index (χ4v) is 2.08. The van der Waals surface area contributed by atoms with Gasteiger partial charge in [-0.05, 0) is 28.5 Å². The number of aromatic nitrogens is 2. The first kappa shape index (κ1) is 10.9. The molecule has 0 aliphatic heterocycles. The van der Waals surface area contributed by atoms with E-state index in [1.165, 1.54) is 5.56 Å². The molecule has 0 spiro atoms. The lowest BCUT2D eigenvalue weighted by Gasteiger charge is -2.17. The zero-order valence-corrected chi connectivity index (χ0v) is 10.2. The van der Waals surface area contributed by atoms with E-state index in [-0.39, 0.29) is 0 Å². The number of nitrogens with zero attached hydrogens (tertiary/aromatic N) is 3. The summed E-state index contributed by atoms with van der Waals surface area (Å²) in [6.45, 7) is 0.865. The van der Waals surface area contributed by atoms with E-state index in [0.29, 0.717) is 5.95 Å². The molecular weight excluding hydrogens is 220 g/mol. The molecule has 0 saturated carbocycles. The Morgan fingerprint density at radius 3 is 3.00 bits per heavy atom. The Balaban J connectivity index is 2.11. The van der Waals surface area contributed by atoms with Crippen LogP contribution in [-0.4, -0.2) is 24.1 Å². The zero-order chi connectivity index (χ0) is 11.4. The fraction of sp³-hybridized carbons (Fsp3) is 0.273. The normalized spacial score (nSPS) is 10.1. The topological polar surface area (TPSA) is 41.1 Å². The van der Waals surface area contributed by atoms with Crippen LogP contribution in [-0.2, 0) is 6.54 Å². The van der Waals surface area contributed by atoms with Gasteiger partial charge in [-0.1, -0.05) is 0 Å². The van der Waals surface area contributed by atoms with Gasteiger partial charge < -0.3 is 10.2 Å². The number of thiophene rings is 1. The molecule has 1 N–H and O–H groups in total. The molecule has 2 aromatic rings. The average Bonchev–Trinajstić information content (AvgIpc) is 2.82. The zero-order valence-electron chi connectivity index (χ0n) is 9.34. The monoisotopic (exact) mass is 234 g/mol. The van der Waals surface area contributed by atoms with E-state index >= 15 is 0 Å². The number of hydrogen-bond donors (Lipinski definition) is 1. The van der Waals surface area contributed by atoms with E-state index in [4.69, 9.17) is 0 Å². The SMILES string of the molecule is CNc1nccc(N(C)Cc2ccsc2)n1. The van der Waals surface area contributed by atoms with Crippen molar-refractivity contribution in [1.82, 2.24) is 9.97 Å². The highest BCUT2D eigenvalue weighted by Crippen LogP contribution is 2.15. The maximum atomic E-state index is 4.38. The van der Waals surface area contributed by atoms with E-state index < -0.39 is 0 Å². The molecule has 16 heavy (non-hydrogen) atoms. The van der Waals surface area contributed by atoms with Crippen LogP contribution < -0.4 is 10.2 Å². The second kappa shape index (κ2) is 4.94. The predicted molar refractivity (Wildman–Crippen MR) is 68.0 cm³/mol. The summed E-state index contributed by atoms with van der Waals surface area (Å²) in [5.74, 6) is 1.57. The number of rotatable bonds is 4. The Morgan fingerprint density at radius 1 is 1.44 bits per heavy atom. The van der Waals surface area contributed by atoms with Crippen LogP contribution in [0.25, 0.3) is 0 Å². The molecule has 0 saturated heterocycles. The molecule has 0 fully saturated rings. The average molecular weight is 234 g/mol. The van der Waals surface area contributed by atoms with E-state index in [1.807, 2.05) is 20.2 Å². The quantitative estimate of drug-likeness (QED) is 0.880. The summed E-state index contributed by atoms with van der Waals surface area (Å²) in [6.07, 6.45) is 1.76. The first-order chi connectivity index (χ1) is 7.79. The highest BCUT2D eigenvalue weighted by molar-refractivity contribution is 7.07. The summed E-state index contributed by atoms with van der Waals surface area (Å²) in [5.41, 5.74) is 1.30. The van der Waals surface area contributed by atoms with Gasteiger partial charge in [-0.3, -0.25) is 0 Å². The molecule has 0 aromatic carbocycles. The van der Waals surface area contributed by atoms with E-state index in [0.717, 1.165) is 12.4 Å². The first-order valence-corrected chi connectivity index (χ1v) is 5.97. The van der Waals surface area contributed by atoms with E-state index in [9.17, 15) is 0 Å². The van der Waals surface area contributed by atoms with Crippen LogP contribution >= 0.6 is 11.3 Å². The van der Waals surface area contributed by atoms with Gasteiger partial charge in [0.15, 0.2) is 0 Å². The molecule has 2 heterocycles. The molecule has 4 nitrogen and oxygen atoms in total. The maximum absolute atomic E-state index is 4.38. The Bertz CT molecular complexity index is 441. The summed E-state index contributed by atoms with van der Waals surface area (Å²) in [7, 11) is 3.84. The highest BCUT2D eigenvalue weighted by atomic mass is 32.1. The van der Waals surface area contributed by atoms with Crippen LogP contribution in [0.2, 0.25) is 0 Å². The first-order valence-electron chi connectivity index (χ1n) is 5.02. The van der Waals surface area contributed by atoms with Crippen molar-refractivity contribution in [2.45, 2.75) is 6.54 Å². The summed E-state index contributed by atoms with van der Waals surface area (Å²) < 4.78 is 0. The van der Waals surface area contributed by atoms with Crippen molar-refractivity contribution < 1.29 is 0 Å². The number of anilines is 2. The van der Waals surface area contributed by atoms with Crippen LogP contribution in [0.3, 0.4) is 0 Å². The highest BCUT2D eigenvalue weighted by Gasteiger charge is 2.04. The summed E-state index contributed by atoms with van der Waals surface area (Å²) in [6, 6.07) is 4.04. The standard InChI is InChI=1S/C11H14N4S/c1-12-11-13-5-3-10(14-11)15(2)7-9-4-6-16-8-9/h3-6,8H,7H2,1-2H3,(H,12,13,14). The predicted octanol–water partition coefficient (Wildman–Crippen LogP) is 2.22. The Kier molecular flexibility index (Phi) is 3.36. The third-order valence-electron chi connectivity index (χ3n) is 2.26. The Morgan fingerprint density at radius 2 is 2.31 bits per heavy atom. The van der Waals surface area contributed by atoms with Crippen molar-refractivity contribution in [3.8, 4) is 0 Å². The van der Waals surface area contributed by atoms with Crippen LogP contribution in [0.4, 0.5) is 11.8 Å². The second-order valence-electron chi connectivity index (χ2n) is 3.48. The van der Waals surface area contributed by atoms with Gasteiger partial charge in [0.25, 0.3) is 0 Å². The van der Waals surface area contributed by atoms with Crippen molar-refractivity contribution in [2.75, 3.05) is 24.3 Å². The number of hydrogen-bond acceptors (Lipinski definition) is 5. The molecule has 0 aliphatic carbocycles. The van der Waals surface area contributed by atoms with Gasteiger partial charge in [0.1, 0.15) is 5.82 Å². The van der Waals surface area contributed by atoms with Crippen molar-refractivity contribution in [2.24, 2.45) is 0 Å². The van der Waals surface area contributed by atoms with Crippen LogP contribution in [0, 0.1) is 0 Å². The third-order valence-corrected chi connectivity index (χ3v) is 2.99. The van der Waals surface area contributed by atoms with Crippen molar-refractivity contribution in [1.29, 1.82) is 0 Å². The van der Waals surface area contributed by atoms with Crippen molar-refractivity contribution in [3.63, 3.8) is 0 Å². The fourth-order valence-electron chi connectivity index (χ4n) is 1.42. The largest absolute Gasteiger partial charge is 0.357 e. The minimum atomic E-state index is 0.648. The molecule has 0 atom stereocenters. The van der Waals surface area contributed by atoms with Crippen molar-refractivity contribution >= 4 is 23.1 Å². The lowest BCUT2D eigenvalue weighted by atomic mass is 10.3. The summed E-state index contributed by atoms with van der Waals surface area (Å²) >= 11 is 1.71. The van der Waals surface area contributed by atoms with Gasteiger partial charge in [-0.15, -0.1) is 0 Å². The minimum Gasteiger partial charge on any atom is -0.357 e. The van der Waals surface area contributed by atoms with E-state index in [2.05, 4.69) is 37.0 Å². The van der Waals surface area contributed by atoms with E-state index in [1.54, 1.807) is 17.5 Å². The number of nitrogens with one attached hydrogen (secondary N) is 1. The summed E-state index contributed by atoms with van der Waals surface area (Å²) in [4.78, 5) is 10.6. The molecular formula is C11H14N4S. The van der Waals surface area contributed by atoms with Gasteiger partial charge in [0.05, 0.1) is 0 Å². The Hall–Kier alpha value is -1.62. The molecule has 0 aliphatic rings. The molecule has 0 radical (unpaired) electrons. The van der Waals surface area contributed by atoms with Gasteiger partial charge in [0, 0.05) is 26.8 Å². The second-order valence-corrected chi connectivity index (χ2v) is 4.26. The lowest BCUT2D eigenvalue weighted by Crippen LogP contribution is -2.17. The molecule has 2 aromatic heterocycles. The van der Waals surface area contributed by atoms with Crippen molar-refractivity contribution in [3.05, 3.63) is 34.7 Å². The summed E-state index contributed by atoms with van der Waals surface area (Å²) in [5, 5.41) is 7.17. The Labute approximate surface area is 99.0 Å². The minimum absolute atomic E-state index is 0.648. The molecule has 0 bridgehead atoms. The van der Waals surface area contributed by atoms with Gasteiger partial charge >= 0.3 is 0 Å². The molecule has 5 heteroatoms. The van der Waals surface area contributed by atoms with Gasteiger partial charge in [0.2, 0.25) is 5.95 Å². The van der Waals surface area contributed by atoms with Gasteiger partial charge in [-0.2, -0.15) is 16.3 Å². The van der Waals surface area contributed by atoms with Gasteiger partial charge in [-0.25, -0.2) is 4.98 Å². The van der Waals surface area contributed by atoms with Crippen LogP contribution in [0.5, 0.6) is 0 Å². The lowest BCUT2D eigenvalue weighted by molar-refractivity contribution is 0.895. The molecule has 2 rings (SSSR count). The maximum Gasteiger partial charge on any atom is 0.224 e. The smallest absolute Gasteiger partial charge is 0.224 e. The molecule has 0 unspecified atom stereocenters. The molecule has 0 amide bonds. The third kappa shape index (κ3) is 2.49.